The third-order valence-electron chi connectivity index (χ3n) is 3.53. The molecule has 1 amide bonds. The number of nitrogens with one attached hydrogen (secondary N) is 1. The van der Waals surface area contributed by atoms with Crippen molar-refractivity contribution < 1.29 is 15.0 Å². The Bertz CT molecular complexity index is 435. The summed E-state index contributed by atoms with van der Waals surface area (Å²) in [5.41, 5.74) is 0.902. The van der Waals surface area contributed by atoms with E-state index >= 15 is 0 Å². The van der Waals surface area contributed by atoms with Crippen LogP contribution in [0.15, 0.2) is 24.3 Å². The number of aliphatic hydroxyl groups excluding tert-OH is 2. The van der Waals surface area contributed by atoms with Crippen LogP contribution in [0.3, 0.4) is 0 Å². The van der Waals surface area contributed by atoms with Gasteiger partial charge in [0.25, 0.3) is 0 Å². The Hall–Kier alpha value is -1.10. The van der Waals surface area contributed by atoms with Crippen LogP contribution in [-0.2, 0) is 11.2 Å². The van der Waals surface area contributed by atoms with Crippen LogP contribution in [0, 0.1) is 5.92 Å². The van der Waals surface area contributed by atoms with Crippen molar-refractivity contribution in [2.75, 3.05) is 6.61 Å². The van der Waals surface area contributed by atoms with Gasteiger partial charge in [-0.25, -0.2) is 0 Å². The highest BCUT2D eigenvalue weighted by atomic mass is 35.5. The Labute approximate surface area is 117 Å². The summed E-state index contributed by atoms with van der Waals surface area (Å²) in [6.07, 6.45) is 0.917. The number of carbonyl (C=O) groups is 1. The van der Waals surface area contributed by atoms with Gasteiger partial charge in [-0.05, 0) is 30.5 Å². The molecule has 0 spiro atoms. The third-order valence-corrected chi connectivity index (χ3v) is 3.79. The number of amides is 1. The fourth-order valence-corrected chi connectivity index (χ4v) is 2.61. The first-order valence-electron chi connectivity index (χ1n) is 6.41. The second-order valence-corrected chi connectivity index (χ2v) is 5.49. The smallest absolute Gasteiger partial charge is 0.224 e. The molecule has 5 heteroatoms. The highest BCUT2D eigenvalue weighted by Gasteiger charge is 2.33. The van der Waals surface area contributed by atoms with E-state index in [2.05, 4.69) is 5.32 Å². The molecule has 1 aromatic rings. The first kappa shape index (κ1) is 14.3. The van der Waals surface area contributed by atoms with Crippen molar-refractivity contribution in [1.82, 2.24) is 5.32 Å². The van der Waals surface area contributed by atoms with Crippen LogP contribution in [-0.4, -0.2) is 34.9 Å². The summed E-state index contributed by atoms with van der Waals surface area (Å²) in [7, 11) is 0. The summed E-state index contributed by atoms with van der Waals surface area (Å²) in [5.74, 6) is -0.195. The number of hydrogen-bond acceptors (Lipinski definition) is 3. The van der Waals surface area contributed by atoms with Crippen LogP contribution in [0.5, 0.6) is 0 Å². The number of aliphatic hydroxyl groups is 2. The van der Waals surface area contributed by atoms with Crippen LogP contribution < -0.4 is 5.32 Å². The first-order chi connectivity index (χ1) is 9.08. The normalized spacial score (nSPS) is 26.4. The monoisotopic (exact) mass is 283 g/mol. The summed E-state index contributed by atoms with van der Waals surface area (Å²) in [4.78, 5) is 11.9. The predicted molar refractivity (Wildman–Crippen MR) is 72.9 cm³/mol. The number of rotatable bonds is 4. The second kappa shape index (κ2) is 6.37. The maximum atomic E-state index is 11.9. The zero-order chi connectivity index (χ0) is 13.8. The lowest BCUT2D eigenvalue weighted by Gasteiger charge is -2.12. The topological polar surface area (TPSA) is 69.6 Å². The molecule has 3 atom stereocenters. The molecular weight excluding hydrogens is 266 g/mol. The molecule has 1 saturated carbocycles. The first-order valence-corrected chi connectivity index (χ1v) is 6.79. The molecule has 19 heavy (non-hydrogen) atoms. The van der Waals surface area contributed by atoms with Gasteiger partial charge in [0, 0.05) is 23.6 Å². The van der Waals surface area contributed by atoms with Crippen LogP contribution in [0.4, 0.5) is 0 Å². The molecule has 0 aliphatic heterocycles. The van der Waals surface area contributed by atoms with Gasteiger partial charge in [-0.1, -0.05) is 23.7 Å². The van der Waals surface area contributed by atoms with Crippen LogP contribution in [0.25, 0.3) is 0 Å². The summed E-state index contributed by atoms with van der Waals surface area (Å²) in [6.45, 7) is -0.0370. The van der Waals surface area contributed by atoms with Gasteiger partial charge in [0.05, 0.1) is 12.5 Å². The number of halogens is 1. The maximum absolute atomic E-state index is 11.9. The van der Waals surface area contributed by atoms with Gasteiger partial charge in [-0.2, -0.15) is 0 Å². The molecule has 0 bridgehead atoms. The average molecular weight is 284 g/mol. The number of benzene rings is 1. The van der Waals surface area contributed by atoms with E-state index in [1.165, 1.54) is 0 Å². The molecule has 2 rings (SSSR count). The van der Waals surface area contributed by atoms with Gasteiger partial charge in [-0.15, -0.1) is 0 Å². The molecule has 0 unspecified atom stereocenters. The van der Waals surface area contributed by atoms with Crippen molar-refractivity contribution in [3.63, 3.8) is 0 Å². The zero-order valence-electron chi connectivity index (χ0n) is 10.6. The van der Waals surface area contributed by atoms with Crippen LogP contribution in [0.2, 0.25) is 5.02 Å². The van der Waals surface area contributed by atoms with E-state index in [0.717, 1.165) is 5.56 Å². The SMILES string of the molecule is O=C(Cc1ccc(Cl)cc1)N[C@@H]1C[C@@H](CO)[C@H](O)C1. The quantitative estimate of drug-likeness (QED) is 0.776. The van der Waals surface area contributed by atoms with Gasteiger partial charge in [0.1, 0.15) is 0 Å². The molecule has 0 saturated heterocycles. The molecule has 1 aliphatic rings. The van der Waals surface area contributed by atoms with E-state index in [9.17, 15) is 9.90 Å². The van der Waals surface area contributed by atoms with Crippen molar-refractivity contribution >= 4 is 17.5 Å². The molecule has 4 nitrogen and oxygen atoms in total. The van der Waals surface area contributed by atoms with Gasteiger partial charge < -0.3 is 15.5 Å². The minimum Gasteiger partial charge on any atom is -0.396 e. The maximum Gasteiger partial charge on any atom is 0.224 e. The Morgan fingerprint density at radius 1 is 1.32 bits per heavy atom. The van der Waals surface area contributed by atoms with E-state index in [1.807, 2.05) is 12.1 Å². The molecule has 0 aromatic heterocycles. The van der Waals surface area contributed by atoms with Gasteiger partial charge in [0.2, 0.25) is 5.91 Å². The molecule has 1 fully saturated rings. The van der Waals surface area contributed by atoms with E-state index < -0.39 is 6.10 Å². The van der Waals surface area contributed by atoms with Crippen molar-refractivity contribution in [2.45, 2.75) is 31.4 Å². The average Bonchev–Trinajstić information content (AvgIpc) is 2.72. The molecule has 1 aliphatic carbocycles. The third kappa shape index (κ3) is 3.93. The van der Waals surface area contributed by atoms with E-state index in [4.69, 9.17) is 16.7 Å². The zero-order valence-corrected chi connectivity index (χ0v) is 11.3. The predicted octanol–water partition coefficient (Wildman–Crippen LogP) is 1.13. The molecule has 3 N–H and O–H groups in total. The lowest BCUT2D eigenvalue weighted by molar-refractivity contribution is -0.121. The summed E-state index contributed by atoms with van der Waals surface area (Å²) in [6, 6.07) is 7.10. The Morgan fingerprint density at radius 2 is 2.00 bits per heavy atom. The van der Waals surface area contributed by atoms with Crippen molar-refractivity contribution in [3.05, 3.63) is 34.9 Å². The lowest BCUT2D eigenvalue weighted by Crippen LogP contribution is -2.34. The van der Waals surface area contributed by atoms with Crippen LogP contribution in [0.1, 0.15) is 18.4 Å². The van der Waals surface area contributed by atoms with E-state index in [0.29, 0.717) is 24.3 Å². The van der Waals surface area contributed by atoms with Gasteiger partial charge >= 0.3 is 0 Å². The highest BCUT2D eigenvalue weighted by molar-refractivity contribution is 6.30. The standard InChI is InChI=1S/C14H18ClNO3/c15-11-3-1-9(2-4-11)5-14(19)16-12-6-10(8-17)13(18)7-12/h1-4,10,12-13,17-18H,5-8H2,(H,16,19)/t10-,12+,13+/m0/s1. The molecule has 1 aromatic carbocycles. The molecule has 0 heterocycles. The second-order valence-electron chi connectivity index (χ2n) is 5.05. The van der Waals surface area contributed by atoms with E-state index in [-0.39, 0.29) is 24.5 Å². The molecule has 104 valence electrons. The Morgan fingerprint density at radius 3 is 2.58 bits per heavy atom. The fourth-order valence-electron chi connectivity index (χ4n) is 2.48. The Kier molecular flexibility index (Phi) is 4.80. The van der Waals surface area contributed by atoms with Crippen molar-refractivity contribution in [3.8, 4) is 0 Å². The van der Waals surface area contributed by atoms with Crippen LogP contribution >= 0.6 is 11.6 Å². The van der Waals surface area contributed by atoms with Gasteiger partial charge in [0.15, 0.2) is 0 Å². The lowest BCUT2D eigenvalue weighted by atomic mass is 10.1. The van der Waals surface area contributed by atoms with Crippen molar-refractivity contribution in [1.29, 1.82) is 0 Å². The number of hydrogen-bond donors (Lipinski definition) is 3. The van der Waals surface area contributed by atoms with Gasteiger partial charge in [-0.3, -0.25) is 4.79 Å². The summed E-state index contributed by atoms with van der Waals surface area (Å²) in [5, 5.41) is 22.3. The highest BCUT2D eigenvalue weighted by Crippen LogP contribution is 2.25. The fraction of sp³-hybridized carbons (Fsp3) is 0.500. The summed E-state index contributed by atoms with van der Waals surface area (Å²) < 4.78 is 0. The van der Waals surface area contributed by atoms with E-state index in [1.54, 1.807) is 12.1 Å². The minimum atomic E-state index is -0.522. The number of carbonyl (C=O) groups excluding carboxylic acids is 1. The molecule has 0 radical (unpaired) electrons. The minimum absolute atomic E-state index is 0.0370. The largest absolute Gasteiger partial charge is 0.396 e. The summed E-state index contributed by atoms with van der Waals surface area (Å²) >= 11 is 5.78. The Balaban J connectivity index is 1.83. The molecular formula is C14H18ClNO3. The van der Waals surface area contributed by atoms with Crippen molar-refractivity contribution in [2.24, 2.45) is 5.92 Å².